The first-order chi connectivity index (χ1) is 11.7. The van der Waals surface area contributed by atoms with Crippen LogP contribution in [0.25, 0.3) is 0 Å². The molecule has 0 bridgehead atoms. The zero-order chi connectivity index (χ0) is 18.2. The quantitative estimate of drug-likeness (QED) is 0.653. The predicted octanol–water partition coefficient (Wildman–Crippen LogP) is 4.92. The van der Waals surface area contributed by atoms with Crippen molar-refractivity contribution in [3.63, 3.8) is 0 Å². The number of hydrogen-bond donors (Lipinski definition) is 0. The SMILES string of the molecule is CC(C)(C)OC(=O)N1CC2CCC(C(=O)c3ccc(Br)cc3)CC2C1. The molecule has 1 aliphatic heterocycles. The summed E-state index contributed by atoms with van der Waals surface area (Å²) >= 11 is 3.41. The van der Waals surface area contributed by atoms with E-state index in [0.29, 0.717) is 18.4 Å². The van der Waals surface area contributed by atoms with Crippen LogP contribution in [-0.2, 0) is 4.74 Å². The van der Waals surface area contributed by atoms with E-state index in [1.165, 1.54) is 0 Å². The third-order valence-electron chi connectivity index (χ3n) is 5.20. The highest BCUT2D eigenvalue weighted by Gasteiger charge is 2.42. The molecular formula is C20H26BrNO3. The van der Waals surface area contributed by atoms with E-state index >= 15 is 0 Å². The van der Waals surface area contributed by atoms with Gasteiger partial charge in [0.25, 0.3) is 0 Å². The maximum Gasteiger partial charge on any atom is 0.410 e. The molecule has 0 radical (unpaired) electrons. The monoisotopic (exact) mass is 407 g/mol. The van der Waals surface area contributed by atoms with E-state index in [2.05, 4.69) is 15.9 Å². The van der Waals surface area contributed by atoms with Gasteiger partial charge in [0.05, 0.1) is 0 Å². The fourth-order valence-corrected chi connectivity index (χ4v) is 4.26. The Morgan fingerprint density at radius 3 is 2.36 bits per heavy atom. The molecular weight excluding hydrogens is 382 g/mol. The maximum atomic E-state index is 12.8. The fraction of sp³-hybridized carbons (Fsp3) is 0.600. The summed E-state index contributed by atoms with van der Waals surface area (Å²) in [5.41, 5.74) is 0.318. The summed E-state index contributed by atoms with van der Waals surface area (Å²) < 4.78 is 6.48. The van der Waals surface area contributed by atoms with Gasteiger partial charge in [0, 0.05) is 29.0 Å². The van der Waals surface area contributed by atoms with Crippen LogP contribution in [0.5, 0.6) is 0 Å². The van der Waals surface area contributed by atoms with Gasteiger partial charge in [-0.1, -0.05) is 28.1 Å². The number of Topliss-reactive ketones (excluding diaryl/α,β-unsaturated/α-hetero) is 1. The highest BCUT2D eigenvalue weighted by molar-refractivity contribution is 9.10. The molecule has 25 heavy (non-hydrogen) atoms. The van der Waals surface area contributed by atoms with E-state index in [1.54, 1.807) is 0 Å². The molecule has 1 aromatic rings. The first kappa shape index (κ1) is 18.4. The molecule has 2 fully saturated rings. The lowest BCUT2D eigenvalue weighted by atomic mass is 9.73. The second-order valence-electron chi connectivity index (χ2n) is 8.29. The largest absolute Gasteiger partial charge is 0.444 e. The normalized spacial score (nSPS) is 26.2. The van der Waals surface area contributed by atoms with Crippen molar-refractivity contribution in [3.05, 3.63) is 34.3 Å². The molecule has 1 amide bonds. The zero-order valence-corrected chi connectivity index (χ0v) is 16.7. The Balaban J connectivity index is 1.61. The Morgan fingerprint density at radius 1 is 1.08 bits per heavy atom. The van der Waals surface area contributed by atoms with Crippen molar-refractivity contribution in [2.24, 2.45) is 17.8 Å². The van der Waals surface area contributed by atoms with Gasteiger partial charge in [0.1, 0.15) is 5.60 Å². The maximum absolute atomic E-state index is 12.8. The first-order valence-electron chi connectivity index (χ1n) is 9.00. The molecule has 4 nitrogen and oxygen atoms in total. The molecule has 0 N–H and O–H groups in total. The van der Waals surface area contributed by atoms with E-state index in [9.17, 15) is 9.59 Å². The third kappa shape index (κ3) is 4.43. The summed E-state index contributed by atoms with van der Waals surface area (Å²) in [6, 6.07) is 7.61. The number of ketones is 1. The van der Waals surface area contributed by atoms with Crippen molar-refractivity contribution < 1.29 is 14.3 Å². The van der Waals surface area contributed by atoms with Crippen molar-refractivity contribution in [2.75, 3.05) is 13.1 Å². The van der Waals surface area contributed by atoms with Gasteiger partial charge in [-0.05, 0) is 64.0 Å². The molecule has 1 aromatic carbocycles. The molecule has 3 atom stereocenters. The van der Waals surface area contributed by atoms with Crippen LogP contribution in [0.2, 0.25) is 0 Å². The molecule has 0 aromatic heterocycles. The van der Waals surface area contributed by atoms with Crippen LogP contribution in [0.4, 0.5) is 4.79 Å². The Bertz CT molecular complexity index is 650. The number of halogens is 1. The molecule has 0 spiro atoms. The average molecular weight is 408 g/mol. The van der Waals surface area contributed by atoms with Crippen LogP contribution in [-0.4, -0.2) is 35.5 Å². The molecule has 1 aliphatic carbocycles. The molecule has 1 heterocycles. The van der Waals surface area contributed by atoms with E-state index < -0.39 is 5.60 Å². The van der Waals surface area contributed by atoms with Crippen molar-refractivity contribution in [1.82, 2.24) is 4.90 Å². The lowest BCUT2D eigenvalue weighted by Crippen LogP contribution is -2.35. The molecule has 3 rings (SSSR count). The number of amides is 1. The van der Waals surface area contributed by atoms with Gasteiger partial charge in [-0.3, -0.25) is 4.79 Å². The Kier molecular flexibility index (Phi) is 5.24. The van der Waals surface area contributed by atoms with Gasteiger partial charge < -0.3 is 9.64 Å². The van der Waals surface area contributed by atoms with Crippen LogP contribution in [0.3, 0.4) is 0 Å². The number of carbonyl (C=O) groups excluding carboxylic acids is 2. The molecule has 5 heteroatoms. The minimum atomic E-state index is -0.467. The summed E-state index contributed by atoms with van der Waals surface area (Å²) in [4.78, 5) is 26.9. The molecule has 3 unspecified atom stereocenters. The van der Waals surface area contributed by atoms with E-state index in [0.717, 1.165) is 35.8 Å². The standard InChI is InChI=1S/C20H26BrNO3/c1-20(2,3)25-19(24)22-11-15-5-4-14(10-16(15)12-22)18(23)13-6-8-17(21)9-7-13/h6-9,14-16H,4-5,10-12H2,1-3H3. The lowest BCUT2D eigenvalue weighted by molar-refractivity contribution is 0.0284. The Labute approximate surface area is 158 Å². The second-order valence-corrected chi connectivity index (χ2v) is 9.20. The summed E-state index contributed by atoms with van der Waals surface area (Å²) in [5.74, 6) is 1.22. The zero-order valence-electron chi connectivity index (χ0n) is 15.1. The van der Waals surface area contributed by atoms with E-state index in [-0.39, 0.29) is 17.8 Å². The topological polar surface area (TPSA) is 46.6 Å². The van der Waals surface area contributed by atoms with Gasteiger partial charge >= 0.3 is 6.09 Å². The van der Waals surface area contributed by atoms with Gasteiger partial charge in [0.2, 0.25) is 0 Å². The lowest BCUT2D eigenvalue weighted by Gasteiger charge is -2.29. The summed E-state index contributed by atoms with van der Waals surface area (Å²) in [7, 11) is 0. The minimum Gasteiger partial charge on any atom is -0.444 e. The summed E-state index contributed by atoms with van der Waals surface area (Å²) in [5, 5.41) is 0. The van der Waals surface area contributed by atoms with Crippen molar-refractivity contribution >= 4 is 27.8 Å². The minimum absolute atomic E-state index is 0.0704. The number of fused-ring (bicyclic) bond motifs is 1. The van der Waals surface area contributed by atoms with Crippen LogP contribution >= 0.6 is 15.9 Å². The van der Waals surface area contributed by atoms with Gasteiger partial charge in [-0.15, -0.1) is 0 Å². The molecule has 1 saturated carbocycles. The first-order valence-corrected chi connectivity index (χ1v) is 9.80. The number of ether oxygens (including phenoxy) is 1. The number of nitrogens with zero attached hydrogens (tertiary/aromatic N) is 1. The average Bonchev–Trinajstić information content (AvgIpc) is 2.96. The van der Waals surface area contributed by atoms with Crippen molar-refractivity contribution in [1.29, 1.82) is 0 Å². The van der Waals surface area contributed by atoms with Gasteiger partial charge in [-0.25, -0.2) is 4.79 Å². The van der Waals surface area contributed by atoms with Crippen LogP contribution in [0, 0.1) is 17.8 Å². The summed E-state index contributed by atoms with van der Waals surface area (Å²) in [6.45, 7) is 7.14. The molecule has 136 valence electrons. The molecule has 2 aliphatic rings. The van der Waals surface area contributed by atoms with E-state index in [1.807, 2.05) is 49.9 Å². The highest BCUT2D eigenvalue weighted by atomic mass is 79.9. The number of likely N-dealkylation sites (tertiary alicyclic amines) is 1. The number of hydrogen-bond acceptors (Lipinski definition) is 3. The van der Waals surface area contributed by atoms with Crippen LogP contribution in [0.15, 0.2) is 28.7 Å². The molecule has 1 saturated heterocycles. The Morgan fingerprint density at radius 2 is 1.72 bits per heavy atom. The van der Waals surface area contributed by atoms with Crippen LogP contribution < -0.4 is 0 Å². The fourth-order valence-electron chi connectivity index (χ4n) is 3.99. The number of rotatable bonds is 2. The number of carbonyl (C=O) groups is 2. The van der Waals surface area contributed by atoms with Gasteiger partial charge in [-0.2, -0.15) is 0 Å². The number of benzene rings is 1. The second kappa shape index (κ2) is 7.10. The highest BCUT2D eigenvalue weighted by Crippen LogP contribution is 2.40. The predicted molar refractivity (Wildman–Crippen MR) is 101 cm³/mol. The Hall–Kier alpha value is -1.36. The van der Waals surface area contributed by atoms with E-state index in [4.69, 9.17) is 4.74 Å². The van der Waals surface area contributed by atoms with Gasteiger partial charge in [0.15, 0.2) is 5.78 Å². The van der Waals surface area contributed by atoms with Crippen molar-refractivity contribution in [3.8, 4) is 0 Å². The van der Waals surface area contributed by atoms with Crippen LogP contribution in [0.1, 0.15) is 50.4 Å². The summed E-state index contributed by atoms with van der Waals surface area (Å²) in [6.07, 6.45) is 2.58. The smallest absolute Gasteiger partial charge is 0.410 e. The third-order valence-corrected chi connectivity index (χ3v) is 5.73. The van der Waals surface area contributed by atoms with Crippen molar-refractivity contribution in [2.45, 2.75) is 45.6 Å².